The topological polar surface area (TPSA) is 84.9 Å². The lowest BCUT2D eigenvalue weighted by atomic mass is 10.0. The minimum atomic E-state index is -0.796. The van der Waals surface area contributed by atoms with E-state index in [0.717, 1.165) is 11.1 Å². The molecular formula is C20H23NO5. The molecule has 1 amide bonds. The number of aryl methyl sites for hydroxylation is 2. The van der Waals surface area contributed by atoms with Crippen molar-refractivity contribution in [3.8, 4) is 11.5 Å². The van der Waals surface area contributed by atoms with Crippen LogP contribution in [0.4, 0.5) is 0 Å². The van der Waals surface area contributed by atoms with Gasteiger partial charge in [0.1, 0.15) is 17.1 Å². The first-order chi connectivity index (χ1) is 12.3. The highest BCUT2D eigenvalue weighted by atomic mass is 16.5. The van der Waals surface area contributed by atoms with Crippen molar-refractivity contribution in [3.05, 3.63) is 58.7 Å². The molecule has 26 heavy (non-hydrogen) atoms. The highest BCUT2D eigenvalue weighted by molar-refractivity contribution is 5.94. The second kappa shape index (κ2) is 8.38. The van der Waals surface area contributed by atoms with Crippen molar-refractivity contribution in [1.82, 2.24) is 5.32 Å². The van der Waals surface area contributed by atoms with Gasteiger partial charge in [-0.25, -0.2) is 4.79 Å². The molecule has 6 heteroatoms. The molecule has 0 bridgehead atoms. The molecule has 138 valence electrons. The van der Waals surface area contributed by atoms with Crippen molar-refractivity contribution in [2.45, 2.75) is 26.8 Å². The molecule has 6 nitrogen and oxygen atoms in total. The van der Waals surface area contributed by atoms with Gasteiger partial charge in [0.25, 0.3) is 5.91 Å². The number of carbonyl (C=O) groups excluding carboxylic acids is 2. The summed E-state index contributed by atoms with van der Waals surface area (Å²) in [5.74, 6) is -1.05. The molecule has 0 spiro atoms. The van der Waals surface area contributed by atoms with Gasteiger partial charge in [0.15, 0.2) is 6.61 Å². The molecule has 2 aromatic rings. The van der Waals surface area contributed by atoms with Gasteiger partial charge in [-0.15, -0.1) is 0 Å². The summed E-state index contributed by atoms with van der Waals surface area (Å²) < 4.78 is 9.99. The number of hydrogen-bond donors (Lipinski definition) is 2. The fourth-order valence-electron chi connectivity index (χ4n) is 2.41. The van der Waals surface area contributed by atoms with E-state index in [1.54, 1.807) is 0 Å². The maximum Gasteiger partial charge on any atom is 0.342 e. The van der Waals surface area contributed by atoms with E-state index in [4.69, 9.17) is 9.47 Å². The van der Waals surface area contributed by atoms with Crippen LogP contribution in [0.1, 0.15) is 40.0 Å². The summed E-state index contributed by atoms with van der Waals surface area (Å²) in [7, 11) is 1.45. The number of ether oxygens (including phenoxy) is 2. The maximum atomic E-state index is 12.1. The number of hydrogen-bond acceptors (Lipinski definition) is 5. The standard InChI is InChI=1S/C20H23NO5/c1-12-5-6-15(9-13(12)2)14(3)21-19(23)11-26-20(24)17-10-16(25-4)7-8-18(17)22/h5-10,14,22H,11H2,1-4H3,(H,21,23). The SMILES string of the molecule is COc1ccc(O)c(C(=O)OCC(=O)NC(C)c2ccc(C)c(C)c2)c1. The normalized spacial score (nSPS) is 11.5. The number of phenols is 1. The summed E-state index contributed by atoms with van der Waals surface area (Å²) >= 11 is 0. The van der Waals surface area contributed by atoms with E-state index in [1.807, 2.05) is 39.0 Å². The molecule has 2 N–H and O–H groups in total. The number of rotatable bonds is 6. The van der Waals surface area contributed by atoms with E-state index in [-0.39, 0.29) is 17.4 Å². The lowest BCUT2D eigenvalue weighted by Crippen LogP contribution is -2.31. The van der Waals surface area contributed by atoms with Crippen LogP contribution in [-0.4, -0.2) is 30.7 Å². The van der Waals surface area contributed by atoms with Gasteiger partial charge in [-0.1, -0.05) is 18.2 Å². The van der Waals surface area contributed by atoms with Crippen LogP contribution in [-0.2, 0) is 9.53 Å². The molecule has 0 aliphatic carbocycles. The van der Waals surface area contributed by atoms with Gasteiger partial charge in [0, 0.05) is 0 Å². The van der Waals surface area contributed by atoms with Gasteiger partial charge in [-0.3, -0.25) is 4.79 Å². The Hall–Kier alpha value is -3.02. The Morgan fingerprint density at radius 2 is 1.85 bits per heavy atom. The van der Waals surface area contributed by atoms with Crippen molar-refractivity contribution in [2.24, 2.45) is 0 Å². The number of esters is 1. The van der Waals surface area contributed by atoms with Gasteiger partial charge < -0.3 is 19.9 Å². The first-order valence-corrected chi connectivity index (χ1v) is 8.22. The van der Waals surface area contributed by atoms with Gasteiger partial charge in [0.05, 0.1) is 13.2 Å². The van der Waals surface area contributed by atoms with E-state index < -0.39 is 18.5 Å². The zero-order chi connectivity index (χ0) is 19.3. The zero-order valence-electron chi connectivity index (χ0n) is 15.3. The van der Waals surface area contributed by atoms with E-state index in [0.29, 0.717) is 5.75 Å². The average molecular weight is 357 g/mol. The van der Waals surface area contributed by atoms with Crippen LogP contribution in [0.5, 0.6) is 11.5 Å². The maximum absolute atomic E-state index is 12.1. The molecular weight excluding hydrogens is 334 g/mol. The van der Waals surface area contributed by atoms with Crippen LogP contribution in [0.3, 0.4) is 0 Å². The van der Waals surface area contributed by atoms with Crippen LogP contribution in [0, 0.1) is 13.8 Å². The Morgan fingerprint density at radius 3 is 2.50 bits per heavy atom. The number of nitrogens with one attached hydrogen (secondary N) is 1. The summed E-state index contributed by atoms with van der Waals surface area (Å²) in [5.41, 5.74) is 3.24. The molecule has 0 aliphatic rings. The fourth-order valence-corrected chi connectivity index (χ4v) is 2.41. The molecule has 0 aliphatic heterocycles. The molecule has 2 rings (SSSR count). The van der Waals surface area contributed by atoms with E-state index in [1.165, 1.54) is 30.9 Å². The highest BCUT2D eigenvalue weighted by Gasteiger charge is 2.17. The molecule has 1 unspecified atom stereocenters. The number of phenolic OH excluding ortho intramolecular Hbond substituents is 1. The quantitative estimate of drug-likeness (QED) is 0.776. The molecule has 2 aromatic carbocycles. The summed E-state index contributed by atoms with van der Waals surface area (Å²) in [4.78, 5) is 24.1. The van der Waals surface area contributed by atoms with Gasteiger partial charge in [-0.2, -0.15) is 0 Å². The lowest BCUT2D eigenvalue weighted by Gasteiger charge is -2.16. The predicted molar refractivity (Wildman–Crippen MR) is 97.4 cm³/mol. The molecule has 1 atom stereocenters. The van der Waals surface area contributed by atoms with Crippen LogP contribution in [0.15, 0.2) is 36.4 Å². The summed E-state index contributed by atoms with van der Waals surface area (Å²) in [6, 6.07) is 9.95. The first-order valence-electron chi connectivity index (χ1n) is 8.22. The third kappa shape index (κ3) is 4.75. The van der Waals surface area contributed by atoms with Crippen molar-refractivity contribution >= 4 is 11.9 Å². The van der Waals surface area contributed by atoms with Gasteiger partial charge in [0.2, 0.25) is 0 Å². The van der Waals surface area contributed by atoms with Crippen LogP contribution >= 0.6 is 0 Å². The number of amides is 1. The van der Waals surface area contributed by atoms with Crippen molar-refractivity contribution in [2.75, 3.05) is 13.7 Å². The van der Waals surface area contributed by atoms with Crippen molar-refractivity contribution in [3.63, 3.8) is 0 Å². The van der Waals surface area contributed by atoms with Crippen LogP contribution in [0.25, 0.3) is 0 Å². The number of carbonyl (C=O) groups is 2. The Bertz CT molecular complexity index is 816. The molecule has 0 fully saturated rings. The summed E-state index contributed by atoms with van der Waals surface area (Å²) in [6.07, 6.45) is 0. The molecule has 0 aromatic heterocycles. The minimum Gasteiger partial charge on any atom is -0.507 e. The Balaban J connectivity index is 1.93. The minimum absolute atomic E-state index is 0.0562. The highest BCUT2D eigenvalue weighted by Crippen LogP contribution is 2.23. The Labute approximate surface area is 152 Å². The van der Waals surface area contributed by atoms with E-state index >= 15 is 0 Å². The van der Waals surface area contributed by atoms with Gasteiger partial charge >= 0.3 is 5.97 Å². The summed E-state index contributed by atoms with van der Waals surface area (Å²) in [5, 5.41) is 12.5. The van der Waals surface area contributed by atoms with Gasteiger partial charge in [-0.05, 0) is 55.7 Å². The summed E-state index contributed by atoms with van der Waals surface area (Å²) in [6.45, 7) is 5.45. The number of methoxy groups -OCH3 is 1. The Morgan fingerprint density at radius 1 is 1.12 bits per heavy atom. The second-order valence-electron chi connectivity index (χ2n) is 6.09. The predicted octanol–water partition coefficient (Wildman–Crippen LogP) is 3.05. The number of aromatic hydroxyl groups is 1. The lowest BCUT2D eigenvalue weighted by molar-refractivity contribution is -0.124. The van der Waals surface area contributed by atoms with Crippen molar-refractivity contribution in [1.29, 1.82) is 0 Å². The van der Waals surface area contributed by atoms with E-state index in [2.05, 4.69) is 5.32 Å². The molecule has 0 saturated heterocycles. The Kier molecular flexibility index (Phi) is 6.22. The zero-order valence-corrected chi connectivity index (χ0v) is 15.3. The van der Waals surface area contributed by atoms with E-state index in [9.17, 15) is 14.7 Å². The smallest absolute Gasteiger partial charge is 0.342 e. The third-order valence-corrected chi connectivity index (χ3v) is 4.17. The molecule has 0 heterocycles. The first kappa shape index (κ1) is 19.3. The monoisotopic (exact) mass is 357 g/mol. The third-order valence-electron chi connectivity index (χ3n) is 4.17. The average Bonchev–Trinajstić information content (AvgIpc) is 2.62. The van der Waals surface area contributed by atoms with Crippen LogP contribution < -0.4 is 10.1 Å². The van der Waals surface area contributed by atoms with Crippen LogP contribution in [0.2, 0.25) is 0 Å². The van der Waals surface area contributed by atoms with Crippen molar-refractivity contribution < 1.29 is 24.2 Å². The largest absolute Gasteiger partial charge is 0.507 e. The molecule has 0 saturated carbocycles. The number of benzene rings is 2. The fraction of sp³-hybridized carbons (Fsp3) is 0.300. The second-order valence-corrected chi connectivity index (χ2v) is 6.09. The molecule has 0 radical (unpaired) electrons.